The lowest BCUT2D eigenvalue weighted by Gasteiger charge is -2.48. The second-order valence-corrected chi connectivity index (χ2v) is 23.9. The number of rotatable bonds is 7. The summed E-state index contributed by atoms with van der Waals surface area (Å²) in [5, 5.41) is 5.87. The highest BCUT2D eigenvalue weighted by Crippen LogP contribution is 2.53. The molecule has 64 heavy (non-hydrogen) atoms. The number of benzene rings is 4. The quantitative estimate of drug-likeness (QED) is 0.146. The average molecular weight is 848 g/mol. The summed E-state index contributed by atoms with van der Waals surface area (Å²) in [6, 6.07) is 42.9. The van der Waals surface area contributed by atoms with Gasteiger partial charge in [-0.05, 0) is 117 Å². The Morgan fingerprint density at radius 2 is 1.28 bits per heavy atom. The predicted octanol–water partition coefficient (Wildman–Crippen LogP) is 13.6. The fraction of sp³-hybridized carbons (Fsp3) is 0.267. The molecule has 0 spiro atoms. The summed E-state index contributed by atoms with van der Waals surface area (Å²) in [5.41, 5.74) is 16.7. The highest BCUT2D eigenvalue weighted by molar-refractivity contribution is 7.05. The number of allylic oxidation sites excluding steroid dienone is 13. The predicted molar refractivity (Wildman–Crippen MR) is 272 cm³/mol. The van der Waals surface area contributed by atoms with E-state index in [1.807, 2.05) is 0 Å². The molecule has 316 valence electrons. The van der Waals surface area contributed by atoms with E-state index in [-0.39, 0.29) is 5.54 Å². The van der Waals surface area contributed by atoms with Gasteiger partial charge < -0.3 is 14.0 Å². The number of aromatic nitrogens is 2. The Kier molecular flexibility index (Phi) is 9.33. The molecule has 3 nitrogen and oxygen atoms in total. The van der Waals surface area contributed by atoms with Crippen LogP contribution in [0.5, 0.6) is 0 Å². The molecule has 6 aromatic rings. The number of hydrogen-bond acceptors (Lipinski definition) is 1. The maximum Gasteiger partial charge on any atom is 0.132 e. The number of aryl methyl sites for hydroxylation is 1. The molecule has 2 aromatic heterocycles. The summed E-state index contributed by atoms with van der Waals surface area (Å²) in [6.07, 6.45) is 41.5. The lowest BCUT2D eigenvalue weighted by molar-refractivity contribution is 0.218. The minimum atomic E-state index is -2.81. The van der Waals surface area contributed by atoms with Gasteiger partial charge in [-0.3, -0.25) is 0 Å². The number of hydrogen-bond donors (Lipinski definition) is 0. The minimum Gasteiger partial charge on any atom is -0.345 e. The van der Waals surface area contributed by atoms with E-state index in [2.05, 4.69) is 190 Å². The first-order valence-corrected chi connectivity index (χ1v) is 26.6. The zero-order chi connectivity index (χ0) is 42.2. The monoisotopic (exact) mass is 847 g/mol. The van der Waals surface area contributed by atoms with Gasteiger partial charge in [0.05, 0.1) is 11.0 Å². The largest absolute Gasteiger partial charge is 0.345 e. The Balaban J connectivity index is 1.07. The molecule has 4 aromatic carbocycles. The van der Waals surface area contributed by atoms with E-state index in [0.29, 0.717) is 17.5 Å². The zero-order valence-electron chi connectivity index (χ0n) is 36.9. The molecule has 1 saturated carbocycles. The third-order valence-electron chi connectivity index (χ3n) is 16.3. The fourth-order valence-electron chi connectivity index (χ4n) is 13.8. The van der Waals surface area contributed by atoms with Crippen molar-refractivity contribution in [3.05, 3.63) is 203 Å². The molecule has 0 amide bonds. The van der Waals surface area contributed by atoms with Crippen LogP contribution in [0.2, 0.25) is 11.1 Å². The molecular formula is C60H57N3Si. The van der Waals surface area contributed by atoms with E-state index in [1.165, 1.54) is 81.4 Å². The van der Waals surface area contributed by atoms with Gasteiger partial charge in [-0.2, -0.15) is 0 Å². The van der Waals surface area contributed by atoms with Crippen molar-refractivity contribution in [1.29, 1.82) is 0 Å². The third-order valence-corrected chi connectivity index (χ3v) is 22.0. The van der Waals surface area contributed by atoms with Crippen molar-refractivity contribution in [1.82, 2.24) is 14.0 Å². The Morgan fingerprint density at radius 1 is 0.578 bits per heavy atom. The lowest BCUT2D eigenvalue weighted by atomic mass is 9.80. The first-order valence-electron chi connectivity index (χ1n) is 24.5. The number of fused-ring (bicyclic) bond motifs is 8. The highest BCUT2D eigenvalue weighted by atomic mass is 28.3. The van der Waals surface area contributed by atoms with E-state index in [1.54, 1.807) is 27.3 Å². The number of para-hydroxylation sites is 2. The second-order valence-electron chi connectivity index (χ2n) is 19.5. The van der Waals surface area contributed by atoms with Crippen LogP contribution in [-0.4, -0.2) is 28.1 Å². The van der Waals surface area contributed by atoms with Crippen LogP contribution < -0.4 is 10.4 Å². The fourth-order valence-corrected chi connectivity index (χ4v) is 19.8. The second kappa shape index (κ2) is 15.6. The molecule has 1 aliphatic heterocycles. The highest BCUT2D eigenvalue weighted by Gasteiger charge is 2.53. The smallest absolute Gasteiger partial charge is 0.132 e. The van der Waals surface area contributed by atoms with Gasteiger partial charge in [-0.15, -0.1) is 0 Å². The maximum atomic E-state index is 2.96. The molecule has 0 N–H and O–H groups in total. The SMILES string of the molecule is C1=CCCC(n2c3c(c4ccccc42)C=CC([Si](c2ccccc2)(c2ccccc2)C2C=C(n4c5c(c6ccccc64)CCC=C5)C=C(N4C5=C(C=CCC5)[C@H]5CCCCC54)C2)C3)=C1. The summed E-state index contributed by atoms with van der Waals surface area (Å²) < 4.78 is 5.36. The van der Waals surface area contributed by atoms with E-state index in [4.69, 9.17) is 0 Å². The van der Waals surface area contributed by atoms with Crippen molar-refractivity contribution in [3.63, 3.8) is 0 Å². The summed E-state index contributed by atoms with van der Waals surface area (Å²) in [7, 11) is -2.81. The maximum absolute atomic E-state index is 2.96. The van der Waals surface area contributed by atoms with Crippen LogP contribution in [0.4, 0.5) is 0 Å². The molecule has 3 unspecified atom stereocenters. The van der Waals surface area contributed by atoms with E-state index in [0.717, 1.165) is 51.4 Å². The molecule has 0 saturated heterocycles. The van der Waals surface area contributed by atoms with Gasteiger partial charge in [0, 0.05) is 62.5 Å². The van der Waals surface area contributed by atoms with Gasteiger partial charge in [-0.25, -0.2) is 0 Å². The average Bonchev–Trinajstić information content (AvgIpc) is 4.01. The van der Waals surface area contributed by atoms with Crippen molar-refractivity contribution in [2.45, 2.75) is 94.2 Å². The molecular weight excluding hydrogens is 791 g/mol. The Bertz CT molecular complexity index is 3050. The summed E-state index contributed by atoms with van der Waals surface area (Å²) >= 11 is 0. The summed E-state index contributed by atoms with van der Waals surface area (Å²) in [4.78, 5) is 2.96. The standard InChI is InChI=1S/C60H57N3Si/c1-4-20-42(21-5-1)61-55-31-15-14-30-53(55)54-37-36-47(41-60(54)61)64(45-22-6-2-7-23-45,46-24-8-3-9-25-46)48-39-43(62-56-32-16-10-26-49(56)50-27-11-17-33-57(50)62)38-44(40-48)63-58-34-18-12-28-51(58)52-29-13-19-35-59(52)63/h1-4,6-10,12,14-17,20,22-26,28,30-33,36-39,47-48,52,59H,5,11,13,18-19,21,27,29,34-35,40-41H2/t47?,48?,52-,59?/m1/s1. The van der Waals surface area contributed by atoms with E-state index in [9.17, 15) is 0 Å². The minimum absolute atomic E-state index is 0.286. The third kappa shape index (κ3) is 5.84. The van der Waals surface area contributed by atoms with Gasteiger partial charge in [-0.1, -0.05) is 169 Å². The Labute approximate surface area is 379 Å². The van der Waals surface area contributed by atoms with Crippen molar-refractivity contribution in [3.8, 4) is 0 Å². The van der Waals surface area contributed by atoms with Gasteiger partial charge in [0.25, 0.3) is 0 Å². The van der Waals surface area contributed by atoms with E-state index < -0.39 is 8.07 Å². The van der Waals surface area contributed by atoms with E-state index >= 15 is 0 Å². The first-order chi connectivity index (χ1) is 31.8. The van der Waals surface area contributed by atoms with Crippen molar-refractivity contribution in [2.24, 2.45) is 5.92 Å². The van der Waals surface area contributed by atoms with Crippen LogP contribution in [0.25, 0.3) is 45.4 Å². The van der Waals surface area contributed by atoms with Gasteiger partial charge in [0.2, 0.25) is 0 Å². The zero-order valence-corrected chi connectivity index (χ0v) is 37.9. The molecule has 13 rings (SSSR count). The molecule has 4 atom stereocenters. The molecule has 4 heteroatoms. The Morgan fingerprint density at radius 3 is 2.08 bits per heavy atom. The van der Waals surface area contributed by atoms with Gasteiger partial charge in [0.1, 0.15) is 8.07 Å². The molecule has 1 fully saturated rings. The topological polar surface area (TPSA) is 13.1 Å². The first kappa shape index (κ1) is 38.4. The van der Waals surface area contributed by atoms with Gasteiger partial charge in [0.15, 0.2) is 0 Å². The normalized spacial score (nSPS) is 23.8. The summed E-state index contributed by atoms with van der Waals surface area (Å²) in [6.45, 7) is 0. The Hall–Kier alpha value is -6.10. The lowest BCUT2D eigenvalue weighted by Crippen LogP contribution is -2.65. The summed E-state index contributed by atoms with van der Waals surface area (Å²) in [5.74, 6) is 0.632. The van der Waals surface area contributed by atoms with Crippen LogP contribution >= 0.6 is 0 Å². The molecule has 3 heterocycles. The van der Waals surface area contributed by atoms with Crippen LogP contribution in [0.1, 0.15) is 86.7 Å². The van der Waals surface area contributed by atoms with Crippen LogP contribution in [0, 0.1) is 5.92 Å². The van der Waals surface area contributed by atoms with Crippen molar-refractivity contribution in [2.75, 3.05) is 0 Å². The van der Waals surface area contributed by atoms with Gasteiger partial charge >= 0.3 is 0 Å². The van der Waals surface area contributed by atoms with Crippen LogP contribution in [0.15, 0.2) is 181 Å². The molecule has 0 bridgehead atoms. The van der Waals surface area contributed by atoms with Crippen LogP contribution in [0.3, 0.4) is 0 Å². The van der Waals surface area contributed by atoms with Crippen molar-refractivity contribution >= 4 is 63.8 Å². The van der Waals surface area contributed by atoms with Crippen LogP contribution in [-0.2, 0) is 12.8 Å². The van der Waals surface area contributed by atoms with Crippen molar-refractivity contribution < 1.29 is 0 Å². The molecule has 7 aliphatic rings. The number of nitrogens with zero attached hydrogens (tertiary/aromatic N) is 3. The molecule has 6 aliphatic carbocycles. The molecule has 0 radical (unpaired) electrons.